The van der Waals surface area contributed by atoms with Crippen LogP contribution < -0.4 is 4.74 Å². The average Bonchev–Trinajstić information content (AvgIpc) is 2.96. The molecule has 3 aromatic rings. The van der Waals surface area contributed by atoms with Gasteiger partial charge in [-0.3, -0.25) is 0 Å². The van der Waals surface area contributed by atoms with Crippen molar-refractivity contribution >= 4 is 0 Å². The minimum Gasteiger partial charge on any atom is -0.497 e. The van der Waals surface area contributed by atoms with Crippen LogP contribution >= 0.6 is 0 Å². The van der Waals surface area contributed by atoms with Crippen LogP contribution in [0, 0.1) is 13.8 Å². The lowest BCUT2D eigenvalue weighted by molar-refractivity contribution is 0.415. The van der Waals surface area contributed by atoms with Gasteiger partial charge in [0.1, 0.15) is 5.75 Å². The second-order valence-corrected chi connectivity index (χ2v) is 5.02. The number of ether oxygens (including phenoxy) is 1. The standard InChI is InChI=1S/C17H16N2O2/c1-11-7-12(2)9-14(8-11)17-19-18-16(21-17)13-5-4-6-15(10-13)20-3/h4-10H,1-3H3. The fourth-order valence-corrected chi connectivity index (χ4v) is 2.31. The zero-order valence-electron chi connectivity index (χ0n) is 12.3. The number of nitrogens with zero attached hydrogens (tertiary/aromatic N) is 2. The number of methoxy groups -OCH3 is 1. The van der Waals surface area contributed by atoms with Gasteiger partial charge in [0.25, 0.3) is 0 Å². The third-order valence-corrected chi connectivity index (χ3v) is 3.21. The van der Waals surface area contributed by atoms with Gasteiger partial charge < -0.3 is 9.15 Å². The van der Waals surface area contributed by atoms with Crippen molar-refractivity contribution < 1.29 is 9.15 Å². The molecule has 0 aliphatic carbocycles. The molecule has 0 atom stereocenters. The minimum absolute atomic E-state index is 0.489. The Morgan fingerprint density at radius 1 is 0.857 bits per heavy atom. The molecule has 4 nitrogen and oxygen atoms in total. The first-order valence-electron chi connectivity index (χ1n) is 6.72. The van der Waals surface area contributed by atoms with Crippen molar-refractivity contribution in [3.8, 4) is 28.7 Å². The lowest BCUT2D eigenvalue weighted by Gasteiger charge is -2.01. The maximum Gasteiger partial charge on any atom is 0.248 e. The summed E-state index contributed by atoms with van der Waals surface area (Å²) < 4.78 is 11.0. The van der Waals surface area contributed by atoms with Crippen molar-refractivity contribution in [2.45, 2.75) is 13.8 Å². The lowest BCUT2D eigenvalue weighted by Crippen LogP contribution is -1.83. The SMILES string of the molecule is COc1cccc(-c2nnc(-c3cc(C)cc(C)c3)o2)c1. The number of benzene rings is 2. The Hall–Kier alpha value is -2.62. The van der Waals surface area contributed by atoms with E-state index in [2.05, 4.69) is 30.1 Å². The predicted molar refractivity (Wildman–Crippen MR) is 81.2 cm³/mol. The lowest BCUT2D eigenvalue weighted by atomic mass is 10.1. The van der Waals surface area contributed by atoms with Crippen LogP contribution in [0.1, 0.15) is 11.1 Å². The second kappa shape index (κ2) is 5.40. The maximum absolute atomic E-state index is 5.79. The van der Waals surface area contributed by atoms with Gasteiger partial charge in [-0.2, -0.15) is 0 Å². The van der Waals surface area contributed by atoms with E-state index in [1.54, 1.807) is 7.11 Å². The Morgan fingerprint density at radius 3 is 2.19 bits per heavy atom. The van der Waals surface area contributed by atoms with E-state index in [0.717, 1.165) is 16.9 Å². The Bertz CT molecular complexity index is 758. The van der Waals surface area contributed by atoms with Gasteiger partial charge in [0, 0.05) is 11.1 Å². The van der Waals surface area contributed by atoms with E-state index < -0.39 is 0 Å². The van der Waals surface area contributed by atoms with E-state index in [-0.39, 0.29) is 0 Å². The van der Waals surface area contributed by atoms with Crippen molar-refractivity contribution in [3.05, 3.63) is 53.6 Å². The van der Waals surface area contributed by atoms with Crippen LogP contribution in [0.15, 0.2) is 46.9 Å². The molecule has 0 saturated carbocycles. The quantitative estimate of drug-likeness (QED) is 0.726. The summed E-state index contributed by atoms with van der Waals surface area (Å²) in [4.78, 5) is 0. The van der Waals surface area contributed by atoms with Crippen molar-refractivity contribution in [1.29, 1.82) is 0 Å². The zero-order valence-corrected chi connectivity index (χ0v) is 12.3. The molecular weight excluding hydrogens is 264 g/mol. The van der Waals surface area contributed by atoms with Gasteiger partial charge in [-0.15, -0.1) is 10.2 Å². The first-order valence-corrected chi connectivity index (χ1v) is 6.72. The monoisotopic (exact) mass is 280 g/mol. The molecule has 0 bridgehead atoms. The topological polar surface area (TPSA) is 48.2 Å². The number of hydrogen-bond donors (Lipinski definition) is 0. The normalized spacial score (nSPS) is 10.6. The van der Waals surface area contributed by atoms with Crippen molar-refractivity contribution in [3.63, 3.8) is 0 Å². The number of aryl methyl sites for hydroxylation is 2. The molecule has 0 N–H and O–H groups in total. The highest BCUT2D eigenvalue weighted by Crippen LogP contribution is 2.27. The maximum atomic E-state index is 5.79. The van der Waals surface area contributed by atoms with Gasteiger partial charge in [0.05, 0.1) is 7.11 Å². The van der Waals surface area contributed by atoms with Crippen LogP contribution in [0.5, 0.6) is 5.75 Å². The molecule has 2 aromatic carbocycles. The second-order valence-electron chi connectivity index (χ2n) is 5.02. The predicted octanol–water partition coefficient (Wildman–Crippen LogP) is 4.03. The van der Waals surface area contributed by atoms with Crippen LogP contribution in [-0.4, -0.2) is 17.3 Å². The van der Waals surface area contributed by atoms with Crippen LogP contribution in [0.4, 0.5) is 0 Å². The molecular formula is C17H16N2O2. The number of aromatic nitrogens is 2. The van der Waals surface area contributed by atoms with Crippen molar-refractivity contribution in [2.24, 2.45) is 0 Å². The first-order chi connectivity index (χ1) is 10.2. The van der Waals surface area contributed by atoms with Gasteiger partial charge in [-0.1, -0.05) is 23.3 Å². The van der Waals surface area contributed by atoms with Crippen LogP contribution in [0.2, 0.25) is 0 Å². The first kappa shape index (κ1) is 13.4. The summed E-state index contributed by atoms with van der Waals surface area (Å²) in [7, 11) is 1.63. The summed E-state index contributed by atoms with van der Waals surface area (Å²) in [5.41, 5.74) is 4.13. The van der Waals surface area contributed by atoms with Crippen LogP contribution in [-0.2, 0) is 0 Å². The fourth-order valence-electron chi connectivity index (χ4n) is 2.31. The minimum atomic E-state index is 0.489. The summed E-state index contributed by atoms with van der Waals surface area (Å²) in [6.07, 6.45) is 0. The molecule has 1 aromatic heterocycles. The third-order valence-electron chi connectivity index (χ3n) is 3.21. The highest BCUT2D eigenvalue weighted by Gasteiger charge is 2.11. The molecule has 3 rings (SSSR count). The third kappa shape index (κ3) is 2.79. The van der Waals surface area contributed by atoms with Crippen molar-refractivity contribution in [1.82, 2.24) is 10.2 Å². The molecule has 4 heteroatoms. The Morgan fingerprint density at radius 2 is 1.52 bits per heavy atom. The molecule has 0 fully saturated rings. The fraction of sp³-hybridized carbons (Fsp3) is 0.176. The summed E-state index contributed by atoms with van der Waals surface area (Å²) in [5, 5.41) is 8.27. The molecule has 106 valence electrons. The summed E-state index contributed by atoms with van der Waals surface area (Å²) in [6, 6.07) is 13.8. The molecule has 21 heavy (non-hydrogen) atoms. The van der Waals surface area contributed by atoms with E-state index in [1.165, 1.54) is 11.1 Å². The Kier molecular flexibility index (Phi) is 3.44. The summed E-state index contributed by atoms with van der Waals surface area (Å²) in [5.74, 6) is 1.78. The van der Waals surface area contributed by atoms with Gasteiger partial charge in [-0.25, -0.2) is 0 Å². The molecule has 0 aliphatic heterocycles. The van der Waals surface area contributed by atoms with Crippen LogP contribution in [0.3, 0.4) is 0 Å². The van der Waals surface area contributed by atoms with Gasteiger partial charge in [0.15, 0.2) is 0 Å². The molecule has 0 aliphatic rings. The molecule has 0 saturated heterocycles. The number of hydrogen-bond acceptors (Lipinski definition) is 4. The average molecular weight is 280 g/mol. The van der Waals surface area contributed by atoms with E-state index in [1.807, 2.05) is 36.4 Å². The van der Waals surface area contributed by atoms with Gasteiger partial charge >= 0.3 is 0 Å². The molecule has 0 unspecified atom stereocenters. The highest BCUT2D eigenvalue weighted by molar-refractivity contribution is 5.60. The summed E-state index contributed by atoms with van der Waals surface area (Å²) in [6.45, 7) is 4.10. The largest absolute Gasteiger partial charge is 0.497 e. The van der Waals surface area contributed by atoms with Gasteiger partial charge in [0.2, 0.25) is 11.8 Å². The molecule has 0 radical (unpaired) electrons. The molecule has 0 amide bonds. The Labute approximate surface area is 123 Å². The Balaban J connectivity index is 1.99. The molecule has 0 spiro atoms. The highest BCUT2D eigenvalue weighted by atomic mass is 16.5. The van der Waals surface area contributed by atoms with E-state index in [0.29, 0.717) is 11.8 Å². The smallest absolute Gasteiger partial charge is 0.248 e. The van der Waals surface area contributed by atoms with E-state index in [9.17, 15) is 0 Å². The van der Waals surface area contributed by atoms with E-state index >= 15 is 0 Å². The summed E-state index contributed by atoms with van der Waals surface area (Å²) >= 11 is 0. The number of rotatable bonds is 3. The van der Waals surface area contributed by atoms with Crippen molar-refractivity contribution in [2.75, 3.05) is 7.11 Å². The zero-order chi connectivity index (χ0) is 14.8. The molecule has 1 heterocycles. The van der Waals surface area contributed by atoms with Gasteiger partial charge in [-0.05, 0) is 44.2 Å². The van der Waals surface area contributed by atoms with Crippen LogP contribution in [0.25, 0.3) is 22.9 Å². The van der Waals surface area contributed by atoms with E-state index in [4.69, 9.17) is 9.15 Å².